The van der Waals surface area contributed by atoms with Crippen LogP contribution in [0.15, 0.2) is 0 Å². The SMILES string of the molecule is CC#CC1CCC2(C)SC3CCC(C)CC3C2C1. The first-order valence-corrected chi connectivity index (χ1v) is 8.60. The van der Waals surface area contributed by atoms with Crippen LogP contribution >= 0.6 is 11.8 Å². The minimum Gasteiger partial charge on any atom is -0.151 e. The summed E-state index contributed by atoms with van der Waals surface area (Å²) < 4.78 is 0.589. The lowest BCUT2D eigenvalue weighted by atomic mass is 9.64. The molecule has 0 radical (unpaired) electrons. The maximum Gasteiger partial charge on any atom is 0.0206 e. The monoisotopic (exact) mass is 262 g/mol. The first-order chi connectivity index (χ1) is 8.62. The molecule has 0 aromatic rings. The summed E-state index contributed by atoms with van der Waals surface area (Å²) in [6.45, 7) is 7.02. The van der Waals surface area contributed by atoms with Crippen molar-refractivity contribution in [3.05, 3.63) is 0 Å². The van der Waals surface area contributed by atoms with Gasteiger partial charge in [0.05, 0.1) is 0 Å². The van der Waals surface area contributed by atoms with Gasteiger partial charge in [0.1, 0.15) is 0 Å². The van der Waals surface area contributed by atoms with Crippen LogP contribution in [-0.4, -0.2) is 10.00 Å². The molecule has 0 N–H and O–H groups in total. The van der Waals surface area contributed by atoms with E-state index in [0.717, 1.165) is 23.0 Å². The molecule has 1 aliphatic heterocycles. The van der Waals surface area contributed by atoms with Crippen molar-refractivity contribution in [2.45, 2.75) is 69.3 Å². The van der Waals surface area contributed by atoms with E-state index in [1.165, 1.54) is 38.5 Å². The van der Waals surface area contributed by atoms with Gasteiger partial charge in [-0.3, -0.25) is 0 Å². The normalized spacial score (nSPS) is 50.9. The van der Waals surface area contributed by atoms with Crippen LogP contribution in [0.4, 0.5) is 0 Å². The van der Waals surface area contributed by atoms with Gasteiger partial charge < -0.3 is 0 Å². The molecule has 0 aromatic carbocycles. The van der Waals surface area contributed by atoms with Gasteiger partial charge >= 0.3 is 0 Å². The van der Waals surface area contributed by atoms with E-state index in [1.54, 1.807) is 0 Å². The Balaban J connectivity index is 1.80. The fraction of sp³-hybridized carbons (Fsp3) is 0.882. The largest absolute Gasteiger partial charge is 0.151 e. The predicted octanol–water partition coefficient (Wildman–Crippen LogP) is 4.74. The van der Waals surface area contributed by atoms with Crippen molar-refractivity contribution in [1.29, 1.82) is 0 Å². The van der Waals surface area contributed by atoms with E-state index in [2.05, 4.69) is 37.5 Å². The number of thioether (sulfide) groups is 1. The smallest absolute Gasteiger partial charge is 0.0206 e. The second-order valence-electron chi connectivity index (χ2n) is 7.02. The Bertz CT molecular complexity index is 377. The van der Waals surface area contributed by atoms with Gasteiger partial charge in [0.15, 0.2) is 0 Å². The maximum absolute atomic E-state index is 3.46. The topological polar surface area (TPSA) is 0 Å². The summed E-state index contributed by atoms with van der Waals surface area (Å²) in [5.74, 6) is 10.2. The third-order valence-corrected chi connectivity index (χ3v) is 7.63. The minimum atomic E-state index is 0.589. The van der Waals surface area contributed by atoms with E-state index >= 15 is 0 Å². The molecule has 3 fully saturated rings. The van der Waals surface area contributed by atoms with E-state index in [9.17, 15) is 0 Å². The van der Waals surface area contributed by atoms with Crippen LogP contribution in [0.3, 0.4) is 0 Å². The fourth-order valence-corrected chi connectivity index (χ4v) is 6.84. The Morgan fingerprint density at radius 2 is 2.00 bits per heavy atom. The predicted molar refractivity (Wildman–Crippen MR) is 80.6 cm³/mol. The molecule has 2 aliphatic carbocycles. The highest BCUT2D eigenvalue weighted by Gasteiger charge is 2.54. The molecule has 1 heterocycles. The van der Waals surface area contributed by atoms with Gasteiger partial charge in [0, 0.05) is 15.9 Å². The van der Waals surface area contributed by atoms with Gasteiger partial charge in [0.2, 0.25) is 0 Å². The fourth-order valence-electron chi connectivity index (χ4n) is 4.74. The van der Waals surface area contributed by atoms with Crippen molar-refractivity contribution >= 4 is 11.8 Å². The summed E-state index contributed by atoms with van der Waals surface area (Å²) in [5, 5.41) is 0.976. The maximum atomic E-state index is 3.46. The second-order valence-corrected chi connectivity index (χ2v) is 8.80. The zero-order valence-corrected chi connectivity index (χ0v) is 12.9. The van der Waals surface area contributed by atoms with Crippen molar-refractivity contribution in [2.75, 3.05) is 0 Å². The Morgan fingerprint density at radius 1 is 1.17 bits per heavy atom. The van der Waals surface area contributed by atoms with Crippen LogP contribution in [0.25, 0.3) is 0 Å². The lowest BCUT2D eigenvalue weighted by Crippen LogP contribution is -2.38. The third-order valence-electron chi connectivity index (χ3n) is 5.69. The van der Waals surface area contributed by atoms with E-state index < -0.39 is 0 Å². The van der Waals surface area contributed by atoms with Crippen LogP contribution < -0.4 is 0 Å². The van der Waals surface area contributed by atoms with Crippen LogP contribution in [0.2, 0.25) is 0 Å². The first-order valence-electron chi connectivity index (χ1n) is 7.72. The molecule has 6 atom stereocenters. The molecular formula is C17H26S. The van der Waals surface area contributed by atoms with Crippen molar-refractivity contribution in [2.24, 2.45) is 23.7 Å². The van der Waals surface area contributed by atoms with Crippen LogP contribution in [0.5, 0.6) is 0 Å². The van der Waals surface area contributed by atoms with Crippen LogP contribution in [0.1, 0.15) is 59.3 Å². The Kier molecular flexibility index (Phi) is 3.43. The van der Waals surface area contributed by atoms with Gasteiger partial charge in [0.25, 0.3) is 0 Å². The quantitative estimate of drug-likeness (QED) is 0.568. The zero-order chi connectivity index (χ0) is 12.8. The molecule has 18 heavy (non-hydrogen) atoms. The van der Waals surface area contributed by atoms with Crippen molar-refractivity contribution < 1.29 is 0 Å². The molecule has 1 saturated heterocycles. The average molecular weight is 262 g/mol. The first kappa shape index (κ1) is 12.9. The highest BCUT2D eigenvalue weighted by molar-refractivity contribution is 8.01. The van der Waals surface area contributed by atoms with Crippen molar-refractivity contribution in [3.8, 4) is 11.8 Å². The highest BCUT2D eigenvalue weighted by atomic mass is 32.2. The molecular weight excluding hydrogens is 236 g/mol. The molecule has 0 amide bonds. The number of hydrogen-bond acceptors (Lipinski definition) is 1. The zero-order valence-electron chi connectivity index (χ0n) is 12.0. The summed E-state index contributed by atoms with van der Waals surface area (Å²) >= 11 is 2.35. The number of fused-ring (bicyclic) bond motifs is 3. The molecule has 0 spiro atoms. The second kappa shape index (κ2) is 4.78. The summed E-state index contributed by atoms with van der Waals surface area (Å²) in [5.41, 5.74) is 0. The van der Waals surface area contributed by atoms with E-state index in [-0.39, 0.29) is 0 Å². The minimum absolute atomic E-state index is 0.589. The average Bonchev–Trinajstić information content (AvgIpc) is 2.62. The molecule has 6 unspecified atom stereocenters. The van der Waals surface area contributed by atoms with E-state index in [1.807, 2.05) is 6.92 Å². The summed E-state index contributed by atoms with van der Waals surface area (Å²) in [6.07, 6.45) is 8.57. The third kappa shape index (κ3) is 2.11. The summed E-state index contributed by atoms with van der Waals surface area (Å²) in [7, 11) is 0. The van der Waals surface area contributed by atoms with Crippen LogP contribution in [0, 0.1) is 35.5 Å². The van der Waals surface area contributed by atoms with Gasteiger partial charge in [-0.05, 0) is 63.2 Å². The Hall–Kier alpha value is -0.0900. The summed E-state index contributed by atoms with van der Waals surface area (Å²) in [6, 6.07) is 0. The molecule has 3 aliphatic rings. The van der Waals surface area contributed by atoms with E-state index in [4.69, 9.17) is 0 Å². The van der Waals surface area contributed by atoms with E-state index in [0.29, 0.717) is 10.7 Å². The standard InChI is InChI=1S/C17H26S/c1-4-5-13-8-9-17(3)15(11-13)14-10-12(2)6-7-16(14)18-17/h12-16H,6-11H2,1-3H3. The van der Waals surface area contributed by atoms with Crippen molar-refractivity contribution in [3.63, 3.8) is 0 Å². The van der Waals surface area contributed by atoms with Gasteiger partial charge in [-0.1, -0.05) is 13.8 Å². The molecule has 3 rings (SSSR count). The Morgan fingerprint density at radius 3 is 2.78 bits per heavy atom. The number of hydrogen-bond donors (Lipinski definition) is 0. The molecule has 0 bridgehead atoms. The van der Waals surface area contributed by atoms with Gasteiger partial charge in [-0.25, -0.2) is 0 Å². The highest BCUT2D eigenvalue weighted by Crippen LogP contribution is 2.62. The number of rotatable bonds is 0. The lowest BCUT2D eigenvalue weighted by molar-refractivity contribution is 0.150. The van der Waals surface area contributed by atoms with Gasteiger partial charge in [-0.15, -0.1) is 11.8 Å². The molecule has 100 valence electrons. The molecule has 2 saturated carbocycles. The lowest BCUT2D eigenvalue weighted by Gasteiger charge is -2.40. The molecule has 0 aromatic heterocycles. The van der Waals surface area contributed by atoms with Gasteiger partial charge in [-0.2, -0.15) is 11.8 Å². The molecule has 0 nitrogen and oxygen atoms in total. The molecule has 1 heteroatoms. The van der Waals surface area contributed by atoms with Crippen molar-refractivity contribution in [1.82, 2.24) is 0 Å². The Labute approximate surface area is 117 Å². The van der Waals surface area contributed by atoms with Crippen LogP contribution in [-0.2, 0) is 0 Å². The summed E-state index contributed by atoms with van der Waals surface area (Å²) in [4.78, 5) is 0.